The summed E-state index contributed by atoms with van der Waals surface area (Å²) in [6.07, 6.45) is 7.29. The second kappa shape index (κ2) is 6.20. The van der Waals surface area contributed by atoms with E-state index in [-0.39, 0.29) is 11.8 Å². The van der Waals surface area contributed by atoms with Crippen LogP contribution < -0.4 is 5.73 Å². The molecule has 1 aliphatic rings. The quantitative estimate of drug-likeness (QED) is 0.773. The molecular weight excluding hydrogens is 323 g/mol. The molecule has 2 heterocycles. The summed E-state index contributed by atoms with van der Waals surface area (Å²) in [5.74, 6) is -0.139. The monoisotopic (exact) mass is 338 g/mol. The molecule has 0 amide bonds. The third-order valence-electron chi connectivity index (χ3n) is 3.84. The molecule has 4 nitrogen and oxygen atoms in total. The van der Waals surface area contributed by atoms with Crippen molar-refractivity contribution in [2.75, 3.05) is 5.73 Å². The fourth-order valence-corrected chi connectivity index (χ4v) is 3.56. The van der Waals surface area contributed by atoms with Crippen molar-refractivity contribution in [1.29, 1.82) is 0 Å². The van der Waals surface area contributed by atoms with Crippen LogP contribution in [0.5, 0.6) is 0 Å². The van der Waals surface area contributed by atoms with Gasteiger partial charge in [0.1, 0.15) is 10.8 Å². The molecule has 0 bridgehead atoms. The molecule has 0 saturated heterocycles. The average Bonchev–Trinajstić information content (AvgIpc) is 3.40. The van der Waals surface area contributed by atoms with Crippen molar-refractivity contribution >= 4 is 17.7 Å². The van der Waals surface area contributed by atoms with Crippen LogP contribution in [0.25, 0.3) is 22.3 Å². The standard InChI is InChI=1S/C18H15FN4S/c19-16-8-11(3-6-14(16)12-9-22-18(20)23-10-12)15-2-1-7-21-17(15)24-13-4-5-13/h1-3,6-10,13H,4-5H2,(H2,20,22,23). The number of nitrogens with two attached hydrogens (primary N) is 1. The number of halogens is 1. The normalized spacial score (nSPS) is 13.9. The summed E-state index contributed by atoms with van der Waals surface area (Å²) in [5, 5.41) is 1.61. The van der Waals surface area contributed by atoms with Crippen LogP contribution >= 0.6 is 11.8 Å². The molecule has 24 heavy (non-hydrogen) atoms. The molecule has 4 rings (SSSR count). The lowest BCUT2D eigenvalue weighted by atomic mass is 10.0. The summed E-state index contributed by atoms with van der Waals surface area (Å²) in [7, 11) is 0. The molecule has 2 N–H and O–H groups in total. The van der Waals surface area contributed by atoms with Gasteiger partial charge in [-0.2, -0.15) is 0 Å². The molecule has 120 valence electrons. The van der Waals surface area contributed by atoms with Crippen LogP contribution in [-0.2, 0) is 0 Å². The van der Waals surface area contributed by atoms with E-state index in [0.29, 0.717) is 16.4 Å². The van der Waals surface area contributed by atoms with Gasteiger partial charge in [0.2, 0.25) is 5.95 Å². The minimum atomic E-state index is -0.313. The van der Waals surface area contributed by atoms with Crippen molar-refractivity contribution < 1.29 is 4.39 Å². The largest absolute Gasteiger partial charge is 0.368 e. The maximum atomic E-state index is 14.6. The first-order chi connectivity index (χ1) is 11.7. The molecule has 0 radical (unpaired) electrons. The fraction of sp³-hybridized carbons (Fsp3) is 0.167. The van der Waals surface area contributed by atoms with Gasteiger partial charge in [-0.05, 0) is 30.5 Å². The highest BCUT2D eigenvalue weighted by molar-refractivity contribution is 8.00. The molecule has 2 aromatic heterocycles. The molecule has 0 unspecified atom stereocenters. The molecule has 0 atom stereocenters. The first-order valence-electron chi connectivity index (χ1n) is 7.70. The summed E-state index contributed by atoms with van der Waals surface area (Å²) < 4.78 is 14.6. The van der Waals surface area contributed by atoms with E-state index in [9.17, 15) is 4.39 Å². The number of nitrogens with zero attached hydrogens (tertiary/aromatic N) is 3. The Hall–Kier alpha value is -2.47. The first-order valence-corrected chi connectivity index (χ1v) is 8.58. The van der Waals surface area contributed by atoms with E-state index in [1.54, 1.807) is 30.1 Å². The Kier molecular flexibility index (Phi) is 3.90. The van der Waals surface area contributed by atoms with Gasteiger partial charge in [-0.3, -0.25) is 0 Å². The predicted molar refractivity (Wildman–Crippen MR) is 93.9 cm³/mol. The second-order valence-corrected chi connectivity index (χ2v) is 6.99. The van der Waals surface area contributed by atoms with Gasteiger partial charge in [0.15, 0.2) is 0 Å². The first kappa shape index (κ1) is 15.1. The zero-order valence-corrected chi connectivity index (χ0v) is 13.6. The summed E-state index contributed by atoms with van der Waals surface area (Å²) in [6.45, 7) is 0. The number of pyridine rings is 1. The van der Waals surface area contributed by atoms with E-state index in [2.05, 4.69) is 15.0 Å². The average molecular weight is 338 g/mol. The van der Waals surface area contributed by atoms with E-state index >= 15 is 0 Å². The molecule has 1 fully saturated rings. The molecule has 1 aromatic carbocycles. The van der Waals surface area contributed by atoms with Crippen molar-refractivity contribution in [1.82, 2.24) is 15.0 Å². The fourth-order valence-electron chi connectivity index (χ4n) is 2.44. The third-order valence-corrected chi connectivity index (χ3v) is 5.19. The van der Waals surface area contributed by atoms with Crippen molar-refractivity contribution in [3.63, 3.8) is 0 Å². The highest BCUT2D eigenvalue weighted by Gasteiger charge is 2.24. The summed E-state index contributed by atoms with van der Waals surface area (Å²) in [6, 6.07) is 9.06. The Morgan fingerprint density at radius 1 is 1.00 bits per heavy atom. The van der Waals surface area contributed by atoms with E-state index in [4.69, 9.17) is 5.73 Å². The van der Waals surface area contributed by atoms with Crippen molar-refractivity contribution in [3.8, 4) is 22.3 Å². The van der Waals surface area contributed by atoms with E-state index < -0.39 is 0 Å². The number of thioether (sulfide) groups is 1. The van der Waals surface area contributed by atoms with Gasteiger partial charge in [-0.1, -0.05) is 18.2 Å². The van der Waals surface area contributed by atoms with Crippen molar-refractivity contribution in [3.05, 3.63) is 54.7 Å². The van der Waals surface area contributed by atoms with Crippen LogP contribution in [0.1, 0.15) is 12.8 Å². The lowest BCUT2D eigenvalue weighted by Gasteiger charge is -2.10. The van der Waals surface area contributed by atoms with Gasteiger partial charge in [-0.25, -0.2) is 19.3 Å². The topological polar surface area (TPSA) is 64.7 Å². The lowest BCUT2D eigenvalue weighted by Crippen LogP contribution is -1.95. The maximum Gasteiger partial charge on any atom is 0.219 e. The minimum Gasteiger partial charge on any atom is -0.368 e. The van der Waals surface area contributed by atoms with Crippen LogP contribution in [0.15, 0.2) is 53.9 Å². The molecule has 0 aliphatic heterocycles. The minimum absolute atomic E-state index is 0.174. The number of aromatic nitrogens is 3. The number of rotatable bonds is 4. The number of hydrogen-bond donors (Lipinski definition) is 1. The van der Waals surface area contributed by atoms with Crippen molar-refractivity contribution in [2.24, 2.45) is 0 Å². The van der Waals surface area contributed by atoms with Gasteiger partial charge in [-0.15, -0.1) is 11.8 Å². The van der Waals surface area contributed by atoms with Gasteiger partial charge >= 0.3 is 0 Å². The molecule has 1 saturated carbocycles. The summed E-state index contributed by atoms with van der Waals surface area (Å²) >= 11 is 1.77. The maximum absolute atomic E-state index is 14.6. The molecule has 6 heteroatoms. The zero-order chi connectivity index (χ0) is 16.5. The number of anilines is 1. The zero-order valence-electron chi connectivity index (χ0n) is 12.8. The van der Waals surface area contributed by atoms with Gasteiger partial charge < -0.3 is 5.73 Å². The van der Waals surface area contributed by atoms with Gasteiger partial charge in [0, 0.05) is 40.5 Å². The van der Waals surface area contributed by atoms with E-state index in [1.165, 1.54) is 25.2 Å². The summed E-state index contributed by atoms with van der Waals surface area (Å²) in [4.78, 5) is 12.3. The van der Waals surface area contributed by atoms with Crippen LogP contribution in [0.4, 0.5) is 10.3 Å². The Morgan fingerprint density at radius 3 is 2.50 bits per heavy atom. The Labute approximate surface area is 143 Å². The highest BCUT2D eigenvalue weighted by atomic mass is 32.2. The summed E-state index contributed by atoms with van der Waals surface area (Å²) in [5.41, 5.74) is 8.33. The van der Waals surface area contributed by atoms with Crippen LogP contribution in [0, 0.1) is 5.82 Å². The third kappa shape index (κ3) is 3.10. The molecular formula is C18H15FN4S. The van der Waals surface area contributed by atoms with Crippen molar-refractivity contribution in [2.45, 2.75) is 23.1 Å². The molecule has 0 spiro atoms. The van der Waals surface area contributed by atoms with E-state index in [0.717, 1.165) is 16.2 Å². The van der Waals surface area contributed by atoms with Gasteiger partial charge in [0.05, 0.1) is 0 Å². The highest BCUT2D eigenvalue weighted by Crippen LogP contribution is 2.42. The Morgan fingerprint density at radius 2 is 1.79 bits per heavy atom. The van der Waals surface area contributed by atoms with Crippen LogP contribution in [0.3, 0.4) is 0 Å². The van der Waals surface area contributed by atoms with Gasteiger partial charge in [0.25, 0.3) is 0 Å². The van der Waals surface area contributed by atoms with E-state index in [1.807, 2.05) is 18.2 Å². The van der Waals surface area contributed by atoms with Crippen LogP contribution in [0.2, 0.25) is 0 Å². The SMILES string of the molecule is Nc1ncc(-c2ccc(-c3cccnc3SC3CC3)cc2F)cn1. The number of nitrogen functional groups attached to an aromatic ring is 1. The smallest absolute Gasteiger partial charge is 0.219 e. The number of hydrogen-bond acceptors (Lipinski definition) is 5. The Bertz CT molecular complexity index is 878. The number of benzene rings is 1. The molecule has 3 aromatic rings. The second-order valence-electron chi connectivity index (χ2n) is 5.70. The predicted octanol–water partition coefficient (Wildman–Crippen LogP) is 4.18. The molecule has 1 aliphatic carbocycles. The van der Waals surface area contributed by atoms with Crippen LogP contribution in [-0.4, -0.2) is 20.2 Å². The lowest BCUT2D eigenvalue weighted by molar-refractivity contribution is 0.631. The Balaban J connectivity index is 1.70.